The Balaban J connectivity index is 0.00000162. The summed E-state index contributed by atoms with van der Waals surface area (Å²) >= 11 is 0. The van der Waals surface area contributed by atoms with E-state index in [1.165, 1.54) is 58.2 Å². The van der Waals surface area contributed by atoms with Crippen LogP contribution in [0.2, 0.25) is 0 Å². The average molecular weight is 277 g/mol. The molecule has 18 heavy (non-hydrogen) atoms. The van der Waals surface area contributed by atoms with Gasteiger partial charge in [0, 0.05) is 13.2 Å². The third kappa shape index (κ3) is 5.87. The molecule has 1 atom stereocenters. The zero-order chi connectivity index (χ0) is 11.9. The number of nitrogens with one attached hydrogen (secondary N) is 1. The first-order valence-corrected chi connectivity index (χ1v) is 7.35. The van der Waals surface area contributed by atoms with Gasteiger partial charge in [0.05, 0.1) is 6.10 Å². The summed E-state index contributed by atoms with van der Waals surface area (Å²) in [6.07, 6.45) is 8.48. The molecular weight excluding hydrogens is 248 g/mol. The van der Waals surface area contributed by atoms with Gasteiger partial charge in [-0.25, -0.2) is 0 Å². The summed E-state index contributed by atoms with van der Waals surface area (Å²) in [4.78, 5) is 2.47. The molecule has 0 saturated carbocycles. The van der Waals surface area contributed by atoms with Crippen LogP contribution in [0.25, 0.3) is 0 Å². The first-order valence-electron chi connectivity index (χ1n) is 7.35. The van der Waals surface area contributed by atoms with Gasteiger partial charge in [-0.3, -0.25) is 0 Å². The summed E-state index contributed by atoms with van der Waals surface area (Å²) in [7, 11) is 2.25. The highest BCUT2D eigenvalue weighted by Gasteiger charge is 2.17. The Morgan fingerprint density at radius 1 is 1.17 bits per heavy atom. The molecule has 0 aliphatic carbocycles. The maximum atomic E-state index is 5.79. The minimum absolute atomic E-state index is 0. The van der Waals surface area contributed by atoms with E-state index in [0.717, 1.165) is 19.1 Å². The Bertz CT molecular complexity index is 204. The molecule has 0 aromatic heterocycles. The Morgan fingerprint density at radius 3 is 2.61 bits per heavy atom. The molecule has 0 spiro atoms. The number of halogens is 1. The van der Waals surface area contributed by atoms with E-state index in [9.17, 15) is 0 Å². The highest BCUT2D eigenvalue weighted by molar-refractivity contribution is 5.85. The predicted octanol–water partition coefficient (Wildman–Crippen LogP) is 2.30. The first-order chi connectivity index (χ1) is 8.34. The topological polar surface area (TPSA) is 24.5 Å². The molecule has 0 bridgehead atoms. The lowest BCUT2D eigenvalue weighted by Gasteiger charge is -2.29. The third-order valence-corrected chi connectivity index (χ3v) is 4.17. The van der Waals surface area contributed by atoms with E-state index < -0.39 is 0 Å². The fourth-order valence-electron chi connectivity index (χ4n) is 2.96. The van der Waals surface area contributed by atoms with Crippen LogP contribution in [0.4, 0.5) is 0 Å². The van der Waals surface area contributed by atoms with Gasteiger partial charge < -0.3 is 15.0 Å². The average Bonchev–Trinajstić information content (AvgIpc) is 2.39. The minimum Gasteiger partial charge on any atom is -0.377 e. The van der Waals surface area contributed by atoms with Gasteiger partial charge >= 0.3 is 0 Å². The van der Waals surface area contributed by atoms with Crippen LogP contribution in [-0.2, 0) is 4.74 Å². The van der Waals surface area contributed by atoms with Crippen molar-refractivity contribution < 1.29 is 4.74 Å². The second-order valence-corrected chi connectivity index (χ2v) is 5.73. The van der Waals surface area contributed by atoms with Gasteiger partial charge in [-0.15, -0.1) is 12.4 Å². The van der Waals surface area contributed by atoms with Gasteiger partial charge in [0.2, 0.25) is 0 Å². The molecule has 0 radical (unpaired) electrons. The lowest BCUT2D eigenvalue weighted by molar-refractivity contribution is -0.00222. The molecule has 2 heterocycles. The third-order valence-electron chi connectivity index (χ3n) is 4.17. The lowest BCUT2D eigenvalue weighted by Crippen LogP contribution is -2.35. The molecule has 2 saturated heterocycles. The van der Waals surface area contributed by atoms with E-state index in [-0.39, 0.29) is 12.4 Å². The highest BCUT2D eigenvalue weighted by Crippen LogP contribution is 2.17. The number of hydrogen-bond donors (Lipinski definition) is 1. The van der Waals surface area contributed by atoms with Crippen LogP contribution in [0.3, 0.4) is 0 Å². The fourth-order valence-corrected chi connectivity index (χ4v) is 2.96. The Kier molecular flexibility index (Phi) is 8.23. The van der Waals surface area contributed by atoms with Crippen LogP contribution >= 0.6 is 12.4 Å². The number of ether oxygens (including phenoxy) is 1. The summed E-state index contributed by atoms with van der Waals surface area (Å²) in [5.41, 5.74) is 0. The van der Waals surface area contributed by atoms with Crippen molar-refractivity contribution in [2.75, 3.05) is 39.8 Å². The number of nitrogens with zero attached hydrogens (tertiary/aromatic N) is 1. The van der Waals surface area contributed by atoms with Gasteiger partial charge in [0.25, 0.3) is 0 Å². The summed E-state index contributed by atoms with van der Waals surface area (Å²) in [6, 6.07) is 0. The molecule has 0 aromatic rings. The van der Waals surface area contributed by atoms with Crippen molar-refractivity contribution in [2.24, 2.45) is 5.92 Å². The summed E-state index contributed by atoms with van der Waals surface area (Å²) in [6.45, 7) is 5.79. The van der Waals surface area contributed by atoms with Crippen LogP contribution in [0, 0.1) is 5.92 Å². The molecule has 3 nitrogen and oxygen atoms in total. The lowest BCUT2D eigenvalue weighted by atomic mass is 9.94. The largest absolute Gasteiger partial charge is 0.377 e. The van der Waals surface area contributed by atoms with Gasteiger partial charge in [-0.2, -0.15) is 0 Å². The van der Waals surface area contributed by atoms with Crippen LogP contribution in [0.1, 0.15) is 38.5 Å². The smallest absolute Gasteiger partial charge is 0.0701 e. The molecule has 1 N–H and O–H groups in total. The predicted molar refractivity (Wildman–Crippen MR) is 78.5 cm³/mol. The van der Waals surface area contributed by atoms with Crippen molar-refractivity contribution in [2.45, 2.75) is 44.6 Å². The van der Waals surface area contributed by atoms with Crippen LogP contribution in [0.15, 0.2) is 0 Å². The molecule has 0 amide bonds. The molecule has 0 aromatic carbocycles. The maximum absolute atomic E-state index is 5.79. The monoisotopic (exact) mass is 276 g/mol. The first kappa shape index (κ1) is 16.2. The van der Waals surface area contributed by atoms with E-state index in [1.807, 2.05) is 0 Å². The van der Waals surface area contributed by atoms with E-state index in [4.69, 9.17) is 4.74 Å². The van der Waals surface area contributed by atoms with E-state index >= 15 is 0 Å². The number of piperidine rings is 1. The minimum atomic E-state index is 0. The number of hydrogen-bond acceptors (Lipinski definition) is 3. The van der Waals surface area contributed by atoms with Crippen molar-refractivity contribution >= 4 is 12.4 Å². The molecule has 2 rings (SSSR count). The molecule has 2 aliphatic rings. The SMILES string of the molecule is CN(CCC1CCNCC1)CC1CCCCO1.Cl. The Morgan fingerprint density at radius 2 is 1.94 bits per heavy atom. The summed E-state index contributed by atoms with van der Waals surface area (Å²) < 4.78 is 5.79. The van der Waals surface area contributed by atoms with Crippen LogP contribution in [-0.4, -0.2) is 50.8 Å². The highest BCUT2D eigenvalue weighted by atomic mass is 35.5. The molecule has 2 fully saturated rings. The quantitative estimate of drug-likeness (QED) is 0.834. The van der Waals surface area contributed by atoms with Crippen molar-refractivity contribution in [1.82, 2.24) is 10.2 Å². The van der Waals surface area contributed by atoms with Crippen LogP contribution in [0.5, 0.6) is 0 Å². The zero-order valence-corrected chi connectivity index (χ0v) is 12.5. The van der Waals surface area contributed by atoms with Gasteiger partial charge in [-0.1, -0.05) is 0 Å². The van der Waals surface area contributed by atoms with Crippen molar-refractivity contribution in [3.8, 4) is 0 Å². The Hall–Kier alpha value is 0.170. The number of likely N-dealkylation sites (N-methyl/N-ethyl adjacent to an activating group) is 1. The normalized spacial score (nSPS) is 26.0. The zero-order valence-electron chi connectivity index (χ0n) is 11.7. The number of rotatable bonds is 5. The van der Waals surface area contributed by atoms with Crippen molar-refractivity contribution in [3.63, 3.8) is 0 Å². The molecule has 2 aliphatic heterocycles. The maximum Gasteiger partial charge on any atom is 0.0701 e. The van der Waals surface area contributed by atoms with Crippen molar-refractivity contribution in [1.29, 1.82) is 0 Å². The standard InChI is InChI=1S/C14H28N2O.ClH/c1-16(12-14-4-2-3-11-17-14)10-7-13-5-8-15-9-6-13;/h13-15H,2-12H2,1H3;1H. The van der Waals surface area contributed by atoms with E-state index in [1.54, 1.807) is 0 Å². The van der Waals surface area contributed by atoms with Gasteiger partial charge in [0.1, 0.15) is 0 Å². The second-order valence-electron chi connectivity index (χ2n) is 5.73. The van der Waals surface area contributed by atoms with E-state index in [2.05, 4.69) is 17.3 Å². The second kappa shape index (κ2) is 9.13. The van der Waals surface area contributed by atoms with Crippen LogP contribution < -0.4 is 5.32 Å². The van der Waals surface area contributed by atoms with Crippen molar-refractivity contribution in [3.05, 3.63) is 0 Å². The summed E-state index contributed by atoms with van der Waals surface area (Å²) in [5, 5.41) is 3.43. The van der Waals surface area contributed by atoms with Gasteiger partial charge in [-0.05, 0) is 71.1 Å². The fraction of sp³-hybridized carbons (Fsp3) is 1.00. The molecule has 1 unspecified atom stereocenters. The molecule has 4 heteroatoms. The molecular formula is C14H29ClN2O. The van der Waals surface area contributed by atoms with E-state index in [0.29, 0.717) is 6.10 Å². The summed E-state index contributed by atoms with van der Waals surface area (Å²) in [5.74, 6) is 0.950. The van der Waals surface area contributed by atoms with Gasteiger partial charge in [0.15, 0.2) is 0 Å². The molecule has 108 valence electrons. The Labute approximate surface area is 118 Å².